The molecule has 1 fully saturated rings. The highest BCUT2D eigenvalue weighted by Gasteiger charge is 2.30. The number of thioether (sulfide) groups is 2. The van der Waals surface area contributed by atoms with E-state index < -0.39 is 11.7 Å². The standard InChI is InChI=1S/C23H22ClF3N4S2/c1-2-32-19-9-16(15-7-5-14(6-8-15)13-3-4-13)11-30-22(19)31-21(24)17-12-29-20(10-18(17)28)33-23(25,26)27/h5-13,19,22H,2-4H2,1H3,(H2,28,29)/b31-21-. The van der Waals surface area contributed by atoms with Crippen molar-refractivity contribution >= 4 is 57.8 Å². The normalized spacial score (nSPS) is 21.2. The maximum atomic E-state index is 12.6. The quantitative estimate of drug-likeness (QED) is 0.330. The molecule has 0 bridgehead atoms. The Morgan fingerprint density at radius 3 is 2.58 bits per heavy atom. The summed E-state index contributed by atoms with van der Waals surface area (Å²) in [7, 11) is 0. The number of hydrogen-bond donors (Lipinski definition) is 1. The van der Waals surface area contributed by atoms with Crippen molar-refractivity contribution in [3.8, 4) is 0 Å². The first-order valence-electron chi connectivity index (χ1n) is 10.5. The van der Waals surface area contributed by atoms with Gasteiger partial charge in [0.1, 0.15) is 10.2 Å². The number of aliphatic imine (C=N–C) groups is 2. The molecule has 0 amide bonds. The van der Waals surface area contributed by atoms with E-state index in [1.807, 2.05) is 0 Å². The zero-order chi connectivity index (χ0) is 23.6. The molecule has 1 aromatic carbocycles. The first-order chi connectivity index (χ1) is 15.7. The third-order valence-corrected chi connectivity index (χ3v) is 7.32. The number of nitrogens with zero attached hydrogens (tertiary/aromatic N) is 3. The minimum absolute atomic E-state index is 0.0406. The van der Waals surface area contributed by atoms with Gasteiger partial charge in [-0.05, 0) is 47.3 Å². The lowest BCUT2D eigenvalue weighted by molar-refractivity contribution is -0.0329. The number of halogens is 4. The number of pyridine rings is 1. The summed E-state index contributed by atoms with van der Waals surface area (Å²) in [5, 5.41) is -0.220. The predicted octanol–water partition coefficient (Wildman–Crippen LogP) is 6.75. The van der Waals surface area contributed by atoms with Crippen LogP contribution in [-0.2, 0) is 0 Å². The Morgan fingerprint density at radius 1 is 1.24 bits per heavy atom. The van der Waals surface area contributed by atoms with Crippen LogP contribution in [0.25, 0.3) is 5.57 Å². The second-order valence-electron chi connectivity index (χ2n) is 7.71. The third-order valence-electron chi connectivity index (χ3n) is 5.25. The molecule has 2 N–H and O–H groups in total. The molecule has 0 radical (unpaired) electrons. The van der Waals surface area contributed by atoms with E-state index in [9.17, 15) is 13.2 Å². The number of allylic oxidation sites excluding steroid dienone is 1. The van der Waals surface area contributed by atoms with E-state index in [1.54, 1.807) is 18.0 Å². The van der Waals surface area contributed by atoms with Crippen molar-refractivity contribution in [1.82, 2.24) is 4.98 Å². The van der Waals surface area contributed by atoms with E-state index in [0.717, 1.165) is 23.0 Å². The van der Waals surface area contributed by atoms with Gasteiger partial charge in [-0.2, -0.15) is 24.9 Å². The van der Waals surface area contributed by atoms with E-state index >= 15 is 0 Å². The second-order valence-corrected chi connectivity index (χ2v) is 10.6. The maximum Gasteiger partial charge on any atom is 0.447 e. The minimum Gasteiger partial charge on any atom is -0.398 e. The number of alkyl halides is 3. The SMILES string of the molecule is CCSC1C=C(c2ccc(C3CC3)cc2)C=NC1/N=C(\Cl)c1cnc(SC(F)(F)F)cc1N. The Labute approximate surface area is 204 Å². The topological polar surface area (TPSA) is 63.6 Å². The number of anilines is 1. The van der Waals surface area contributed by atoms with Crippen LogP contribution in [0.15, 0.2) is 57.6 Å². The maximum absolute atomic E-state index is 12.6. The van der Waals surface area contributed by atoms with Gasteiger partial charge < -0.3 is 5.73 Å². The molecular weight excluding hydrogens is 489 g/mol. The average Bonchev–Trinajstić information content (AvgIpc) is 3.59. The van der Waals surface area contributed by atoms with Gasteiger partial charge in [-0.15, -0.1) is 0 Å². The van der Waals surface area contributed by atoms with Gasteiger partial charge in [-0.3, -0.25) is 4.99 Å². The lowest BCUT2D eigenvalue weighted by atomic mass is 10.0. The van der Waals surface area contributed by atoms with Gasteiger partial charge in [0.2, 0.25) is 0 Å². The van der Waals surface area contributed by atoms with Gasteiger partial charge in [-0.25, -0.2) is 9.98 Å². The largest absolute Gasteiger partial charge is 0.447 e. The van der Waals surface area contributed by atoms with Crippen LogP contribution in [0.4, 0.5) is 18.9 Å². The first kappa shape index (κ1) is 24.2. The fraction of sp³-hybridized carbons (Fsp3) is 0.348. The highest BCUT2D eigenvalue weighted by atomic mass is 35.5. The molecule has 174 valence electrons. The van der Waals surface area contributed by atoms with E-state index in [2.05, 4.69) is 52.2 Å². The molecule has 10 heteroatoms. The van der Waals surface area contributed by atoms with Crippen LogP contribution in [0.5, 0.6) is 0 Å². The van der Waals surface area contributed by atoms with Crippen molar-refractivity contribution in [2.75, 3.05) is 11.5 Å². The van der Waals surface area contributed by atoms with Crippen molar-refractivity contribution in [2.45, 2.75) is 47.6 Å². The van der Waals surface area contributed by atoms with Crippen LogP contribution in [0.1, 0.15) is 42.4 Å². The second kappa shape index (κ2) is 10.1. The van der Waals surface area contributed by atoms with Gasteiger partial charge >= 0.3 is 5.51 Å². The third kappa shape index (κ3) is 6.33. The van der Waals surface area contributed by atoms with Crippen LogP contribution in [0.2, 0.25) is 0 Å². The molecule has 1 aliphatic heterocycles. The summed E-state index contributed by atoms with van der Waals surface area (Å²) in [6.07, 6.45) is 7.21. The van der Waals surface area contributed by atoms with Gasteiger partial charge in [0.05, 0.1) is 10.8 Å². The summed E-state index contributed by atoms with van der Waals surface area (Å²) < 4.78 is 37.7. The zero-order valence-corrected chi connectivity index (χ0v) is 20.1. The Balaban J connectivity index is 1.53. The molecule has 2 atom stereocenters. The highest BCUT2D eigenvalue weighted by Crippen LogP contribution is 2.40. The minimum atomic E-state index is -4.44. The fourth-order valence-corrected chi connectivity index (χ4v) is 5.22. The number of benzene rings is 1. The Bertz CT molecular complexity index is 1100. The Morgan fingerprint density at radius 2 is 1.97 bits per heavy atom. The molecule has 4 rings (SSSR count). The molecule has 1 saturated carbocycles. The Kier molecular flexibility index (Phi) is 7.40. The molecule has 0 spiro atoms. The Hall–Kier alpha value is -1.97. The molecule has 2 aliphatic rings. The smallest absolute Gasteiger partial charge is 0.398 e. The number of nitrogen functional groups attached to an aromatic ring is 1. The van der Waals surface area contributed by atoms with E-state index in [0.29, 0.717) is 5.92 Å². The van der Waals surface area contributed by atoms with Crippen molar-refractivity contribution < 1.29 is 13.2 Å². The fourth-order valence-electron chi connectivity index (χ4n) is 3.50. The van der Waals surface area contributed by atoms with Crippen molar-refractivity contribution in [2.24, 2.45) is 9.98 Å². The summed E-state index contributed by atoms with van der Waals surface area (Å²) in [4.78, 5) is 12.9. The molecule has 4 nitrogen and oxygen atoms in total. The number of hydrogen-bond acceptors (Lipinski definition) is 6. The van der Waals surface area contributed by atoms with Crippen LogP contribution in [-0.4, -0.2) is 39.0 Å². The van der Waals surface area contributed by atoms with Gasteiger partial charge in [-0.1, -0.05) is 48.9 Å². The molecule has 33 heavy (non-hydrogen) atoms. The lowest BCUT2D eigenvalue weighted by Gasteiger charge is -2.22. The van der Waals surface area contributed by atoms with Crippen molar-refractivity contribution in [3.63, 3.8) is 0 Å². The van der Waals surface area contributed by atoms with Crippen LogP contribution in [0.3, 0.4) is 0 Å². The van der Waals surface area contributed by atoms with E-state index in [4.69, 9.17) is 17.3 Å². The number of aromatic nitrogens is 1. The molecule has 1 aliphatic carbocycles. The lowest BCUT2D eigenvalue weighted by Crippen LogP contribution is -2.23. The van der Waals surface area contributed by atoms with Crippen LogP contribution in [0, 0.1) is 0 Å². The van der Waals surface area contributed by atoms with Gasteiger partial charge in [0.25, 0.3) is 0 Å². The molecule has 2 heterocycles. The molecule has 2 unspecified atom stereocenters. The molecular formula is C23H22ClF3N4S2. The first-order valence-corrected chi connectivity index (χ1v) is 12.7. The van der Waals surface area contributed by atoms with E-state index in [-0.39, 0.29) is 38.5 Å². The predicted molar refractivity (Wildman–Crippen MR) is 134 cm³/mol. The van der Waals surface area contributed by atoms with Gasteiger partial charge in [0, 0.05) is 29.9 Å². The number of dihydropyridines is 1. The molecule has 1 aromatic heterocycles. The summed E-state index contributed by atoms with van der Waals surface area (Å²) >= 11 is 7.77. The summed E-state index contributed by atoms with van der Waals surface area (Å²) in [5.41, 5.74) is 5.37. The van der Waals surface area contributed by atoms with Crippen molar-refractivity contribution in [3.05, 3.63) is 59.3 Å². The summed E-state index contributed by atoms with van der Waals surface area (Å²) in [6, 6.07) is 9.77. The van der Waals surface area contributed by atoms with E-state index in [1.165, 1.54) is 24.6 Å². The number of rotatable bonds is 7. The summed E-state index contributed by atoms with van der Waals surface area (Å²) in [6.45, 7) is 2.06. The van der Waals surface area contributed by atoms with Gasteiger partial charge in [0.15, 0.2) is 6.17 Å². The molecule has 2 aromatic rings. The zero-order valence-electron chi connectivity index (χ0n) is 17.7. The summed E-state index contributed by atoms with van der Waals surface area (Å²) in [5.74, 6) is 1.57. The van der Waals surface area contributed by atoms with Crippen LogP contribution < -0.4 is 5.73 Å². The number of nitrogens with two attached hydrogens (primary N) is 1. The van der Waals surface area contributed by atoms with Crippen LogP contribution >= 0.6 is 35.1 Å². The van der Waals surface area contributed by atoms with Crippen molar-refractivity contribution in [1.29, 1.82) is 0 Å². The molecule has 0 saturated heterocycles. The highest BCUT2D eigenvalue weighted by molar-refractivity contribution is 8.00. The average molecular weight is 511 g/mol. The monoisotopic (exact) mass is 510 g/mol.